The zero-order chi connectivity index (χ0) is 22.8. The number of ketones is 1. The quantitative estimate of drug-likeness (QED) is 0.657. The van der Waals surface area contributed by atoms with E-state index in [2.05, 4.69) is 16.5 Å². The fourth-order valence-electron chi connectivity index (χ4n) is 5.68. The van der Waals surface area contributed by atoms with Gasteiger partial charge < -0.3 is 10.1 Å². The fourth-order valence-corrected chi connectivity index (χ4v) is 5.68. The van der Waals surface area contributed by atoms with Crippen molar-refractivity contribution in [1.82, 2.24) is 15.1 Å². The molecule has 2 aromatic rings. The maximum atomic E-state index is 14.9. The van der Waals surface area contributed by atoms with Crippen LogP contribution in [0.25, 0.3) is 11.1 Å². The number of fused-ring (bicyclic) bond motifs is 2. The molecule has 5 rings (SSSR count). The summed E-state index contributed by atoms with van der Waals surface area (Å²) in [6, 6.07) is 7.65. The number of hydrogen-bond donors (Lipinski definition) is 1. The zero-order valence-electron chi connectivity index (χ0n) is 18.9. The molecule has 2 bridgehead atoms. The Morgan fingerprint density at radius 3 is 2.91 bits per heavy atom. The Morgan fingerprint density at radius 2 is 2.21 bits per heavy atom. The van der Waals surface area contributed by atoms with Gasteiger partial charge >= 0.3 is 0 Å². The molecule has 3 aliphatic rings. The van der Waals surface area contributed by atoms with Gasteiger partial charge in [-0.15, -0.1) is 0 Å². The van der Waals surface area contributed by atoms with Gasteiger partial charge in [-0.05, 0) is 68.1 Å². The van der Waals surface area contributed by atoms with Crippen LogP contribution in [-0.4, -0.2) is 40.4 Å². The van der Waals surface area contributed by atoms with E-state index in [4.69, 9.17) is 4.74 Å². The maximum absolute atomic E-state index is 14.9. The minimum atomic E-state index is -0.517. The van der Waals surface area contributed by atoms with Crippen molar-refractivity contribution in [1.29, 1.82) is 5.26 Å². The Balaban J connectivity index is 1.20. The minimum absolute atomic E-state index is 0.0973. The molecule has 1 aromatic heterocycles. The second kappa shape index (κ2) is 9.74. The van der Waals surface area contributed by atoms with Crippen LogP contribution in [0.1, 0.15) is 50.5 Å². The van der Waals surface area contributed by atoms with Gasteiger partial charge in [0.15, 0.2) is 5.78 Å². The number of nitrogens with zero attached hydrogens (tertiary/aromatic N) is 3. The molecule has 33 heavy (non-hydrogen) atoms. The van der Waals surface area contributed by atoms with Crippen LogP contribution in [0.4, 0.5) is 4.39 Å². The molecule has 0 radical (unpaired) electrons. The summed E-state index contributed by atoms with van der Waals surface area (Å²) in [7, 11) is 0. The first-order valence-corrected chi connectivity index (χ1v) is 12.2. The standard InChI is InChI=1S/C26H31FN4O2/c27-24-12-18(21-14-29-31(15-21)16-23-3-1-2-8-33-23)4-5-19(24)9-17(13-28)10-25(32)26-20-6-7-22(11-20)30-26/h4-5,12,14-15,17,20,22-23,26,30H,1-3,6-11,16H2/t17-,20+,22-,23?,26+/m1/s1. The van der Waals surface area contributed by atoms with E-state index in [0.29, 0.717) is 24.1 Å². The first-order valence-electron chi connectivity index (χ1n) is 12.2. The van der Waals surface area contributed by atoms with Gasteiger partial charge in [0.25, 0.3) is 0 Å². The fraction of sp³-hybridized carbons (Fsp3) is 0.577. The van der Waals surface area contributed by atoms with Gasteiger partial charge in [0, 0.05) is 30.8 Å². The Kier molecular flexibility index (Phi) is 6.57. The zero-order valence-corrected chi connectivity index (χ0v) is 18.9. The number of aromatic nitrogens is 2. The molecule has 5 atom stereocenters. The number of benzene rings is 1. The molecule has 2 aliphatic heterocycles. The first-order chi connectivity index (χ1) is 16.1. The normalized spacial score (nSPS) is 27.4. The second-order valence-electron chi connectivity index (χ2n) is 9.86. The van der Waals surface area contributed by atoms with E-state index >= 15 is 0 Å². The molecule has 174 valence electrons. The predicted octanol–water partition coefficient (Wildman–Crippen LogP) is 4.04. The summed E-state index contributed by atoms with van der Waals surface area (Å²) in [5.41, 5.74) is 2.08. The molecule has 3 fully saturated rings. The summed E-state index contributed by atoms with van der Waals surface area (Å²) in [5.74, 6) is -0.359. The number of halogens is 1. The van der Waals surface area contributed by atoms with Crippen LogP contribution in [0.5, 0.6) is 0 Å². The average Bonchev–Trinajstić information content (AvgIpc) is 3.58. The Hall–Kier alpha value is -2.56. The topological polar surface area (TPSA) is 79.9 Å². The lowest BCUT2D eigenvalue weighted by molar-refractivity contribution is -0.122. The third kappa shape index (κ3) is 5.02. The number of piperidine rings is 1. The Bertz CT molecular complexity index is 1040. The van der Waals surface area contributed by atoms with Crippen LogP contribution >= 0.6 is 0 Å². The van der Waals surface area contributed by atoms with Gasteiger partial charge in [-0.25, -0.2) is 4.39 Å². The third-order valence-electron chi connectivity index (χ3n) is 7.49. The van der Waals surface area contributed by atoms with Crippen molar-refractivity contribution in [3.8, 4) is 17.2 Å². The Morgan fingerprint density at radius 1 is 1.30 bits per heavy atom. The third-order valence-corrected chi connectivity index (χ3v) is 7.49. The number of carbonyl (C=O) groups excluding carboxylic acids is 1. The van der Waals surface area contributed by atoms with Crippen molar-refractivity contribution in [3.05, 3.63) is 42.0 Å². The lowest BCUT2D eigenvalue weighted by Crippen LogP contribution is -2.42. The van der Waals surface area contributed by atoms with Crippen molar-refractivity contribution < 1.29 is 13.9 Å². The van der Waals surface area contributed by atoms with Crippen molar-refractivity contribution in [2.24, 2.45) is 11.8 Å². The minimum Gasteiger partial charge on any atom is -0.376 e. The van der Waals surface area contributed by atoms with Gasteiger partial charge in [-0.2, -0.15) is 10.4 Å². The number of Topliss-reactive ketones (excluding diaryl/α,β-unsaturated/α-hetero) is 1. The summed E-state index contributed by atoms with van der Waals surface area (Å²) in [5, 5.41) is 17.4. The monoisotopic (exact) mass is 450 g/mol. The van der Waals surface area contributed by atoms with Crippen LogP contribution in [0.2, 0.25) is 0 Å². The van der Waals surface area contributed by atoms with Crippen LogP contribution in [0, 0.1) is 29.0 Å². The molecule has 1 unspecified atom stereocenters. The van der Waals surface area contributed by atoms with Gasteiger partial charge in [-0.1, -0.05) is 12.1 Å². The molecular weight excluding hydrogens is 419 g/mol. The number of rotatable bonds is 8. The van der Waals surface area contributed by atoms with Crippen LogP contribution in [0.15, 0.2) is 30.6 Å². The summed E-state index contributed by atoms with van der Waals surface area (Å²) >= 11 is 0. The number of carbonyl (C=O) groups is 1. The number of nitriles is 1. The van der Waals surface area contributed by atoms with Gasteiger partial charge in [-0.3, -0.25) is 9.48 Å². The van der Waals surface area contributed by atoms with Crippen molar-refractivity contribution in [2.45, 2.75) is 76.1 Å². The van der Waals surface area contributed by atoms with E-state index < -0.39 is 5.92 Å². The number of ether oxygens (including phenoxy) is 1. The summed E-state index contributed by atoms with van der Waals surface area (Å²) in [6.45, 7) is 1.51. The number of nitrogens with one attached hydrogen (secondary N) is 1. The van der Waals surface area contributed by atoms with Crippen molar-refractivity contribution >= 4 is 5.78 Å². The molecular formula is C26H31FN4O2. The smallest absolute Gasteiger partial charge is 0.151 e. The molecule has 1 aromatic carbocycles. The predicted molar refractivity (Wildman–Crippen MR) is 122 cm³/mol. The van der Waals surface area contributed by atoms with Crippen molar-refractivity contribution in [2.75, 3.05) is 6.61 Å². The first kappa shape index (κ1) is 22.2. The summed E-state index contributed by atoms with van der Waals surface area (Å²) in [6.07, 6.45) is 10.9. The van der Waals surface area contributed by atoms with Crippen LogP contribution in [-0.2, 0) is 22.5 Å². The highest BCUT2D eigenvalue weighted by Gasteiger charge is 2.42. The van der Waals surface area contributed by atoms with E-state index in [1.54, 1.807) is 12.3 Å². The highest BCUT2D eigenvalue weighted by molar-refractivity contribution is 5.85. The lowest BCUT2D eigenvalue weighted by atomic mass is 9.88. The number of hydrogen-bond acceptors (Lipinski definition) is 5. The summed E-state index contributed by atoms with van der Waals surface area (Å²) in [4.78, 5) is 12.7. The van der Waals surface area contributed by atoms with Crippen LogP contribution < -0.4 is 5.32 Å². The maximum Gasteiger partial charge on any atom is 0.151 e. The molecule has 3 heterocycles. The lowest BCUT2D eigenvalue weighted by Gasteiger charge is -2.22. The molecule has 0 spiro atoms. The largest absolute Gasteiger partial charge is 0.376 e. The van der Waals surface area contributed by atoms with Gasteiger partial charge in [0.2, 0.25) is 0 Å². The van der Waals surface area contributed by atoms with E-state index in [9.17, 15) is 14.4 Å². The van der Waals surface area contributed by atoms with E-state index in [1.165, 1.54) is 12.5 Å². The molecule has 2 saturated heterocycles. The molecule has 1 aliphatic carbocycles. The average molecular weight is 451 g/mol. The summed E-state index contributed by atoms with van der Waals surface area (Å²) < 4.78 is 22.6. The van der Waals surface area contributed by atoms with Gasteiger partial charge in [0.1, 0.15) is 5.82 Å². The highest BCUT2D eigenvalue weighted by atomic mass is 19.1. The highest BCUT2D eigenvalue weighted by Crippen LogP contribution is 2.36. The molecule has 1 N–H and O–H groups in total. The SMILES string of the molecule is N#C[C@@H](CC(=O)[C@H]1N[C@@H]2CC[C@H]1C2)Cc1ccc(-c2cnn(CC3CCCCO3)c2)cc1F. The van der Waals surface area contributed by atoms with E-state index in [0.717, 1.165) is 49.8 Å². The molecule has 6 nitrogen and oxygen atoms in total. The van der Waals surface area contributed by atoms with Gasteiger partial charge in [0.05, 0.1) is 36.9 Å². The molecule has 1 saturated carbocycles. The Labute approximate surface area is 194 Å². The molecule has 7 heteroatoms. The van der Waals surface area contributed by atoms with Crippen molar-refractivity contribution in [3.63, 3.8) is 0 Å². The molecule has 0 amide bonds. The van der Waals surface area contributed by atoms with Crippen LogP contribution in [0.3, 0.4) is 0 Å². The van der Waals surface area contributed by atoms with E-state index in [1.807, 2.05) is 16.9 Å². The van der Waals surface area contributed by atoms with E-state index in [-0.39, 0.29) is 36.6 Å². The second-order valence-corrected chi connectivity index (χ2v) is 9.86.